The highest BCUT2D eigenvalue weighted by Gasteiger charge is 2.39. The number of aromatic amines is 1. The minimum Gasteiger partial charge on any atom is -0.493 e. The number of nitrogens with zero attached hydrogens (tertiary/aromatic N) is 2. The highest BCUT2D eigenvalue weighted by atomic mass is 16.7. The molecule has 0 bridgehead atoms. The van der Waals surface area contributed by atoms with Gasteiger partial charge in [0.05, 0.1) is 19.2 Å². The molecule has 50 heavy (non-hydrogen) atoms. The molecule has 0 saturated heterocycles. The highest BCUT2D eigenvalue weighted by Crippen LogP contribution is 2.37. The van der Waals surface area contributed by atoms with E-state index in [0.29, 0.717) is 40.3 Å². The zero-order valence-corrected chi connectivity index (χ0v) is 31.4. The summed E-state index contributed by atoms with van der Waals surface area (Å²) in [5.41, 5.74) is 0.0645. The number of unbranched alkanes of at least 4 members (excludes halogenated alkanes) is 1. The van der Waals surface area contributed by atoms with E-state index in [9.17, 15) is 19.2 Å². The lowest BCUT2D eigenvalue weighted by Crippen LogP contribution is -2.56. The van der Waals surface area contributed by atoms with Gasteiger partial charge < -0.3 is 34.0 Å². The number of aromatic nitrogens is 2. The molecule has 2 N–H and O–H groups in total. The van der Waals surface area contributed by atoms with E-state index in [4.69, 9.17) is 23.7 Å². The molecule has 0 aliphatic carbocycles. The van der Waals surface area contributed by atoms with Crippen LogP contribution >= 0.6 is 0 Å². The van der Waals surface area contributed by atoms with Crippen LogP contribution in [0.4, 0.5) is 9.59 Å². The van der Waals surface area contributed by atoms with Crippen LogP contribution in [0.2, 0.25) is 0 Å². The van der Waals surface area contributed by atoms with Gasteiger partial charge in [0, 0.05) is 17.5 Å². The van der Waals surface area contributed by atoms with E-state index >= 15 is 0 Å². The minimum absolute atomic E-state index is 0.0257. The smallest absolute Gasteiger partial charge is 0.416 e. The molecular weight excluding hydrogens is 644 g/mol. The molecule has 2 aromatic carbocycles. The summed E-state index contributed by atoms with van der Waals surface area (Å²) in [4.78, 5) is 59.9. The van der Waals surface area contributed by atoms with Gasteiger partial charge in [-0.1, -0.05) is 87.8 Å². The number of fused-ring (bicyclic) bond motifs is 3. The van der Waals surface area contributed by atoms with Crippen molar-refractivity contribution in [2.45, 2.75) is 88.1 Å². The first-order chi connectivity index (χ1) is 23.7. The fraction of sp³-hybridized carbons (Fsp3) is 0.541. The molecule has 4 rings (SSSR count). The van der Waals surface area contributed by atoms with Crippen molar-refractivity contribution in [3.8, 4) is 28.5 Å². The maximum atomic E-state index is 13.4. The molecule has 1 aliphatic rings. The zero-order valence-electron chi connectivity index (χ0n) is 31.4. The van der Waals surface area contributed by atoms with Crippen molar-refractivity contribution < 1.29 is 38.1 Å². The number of ether oxygens (including phenoxy) is 5. The molecule has 0 unspecified atom stereocenters. The van der Waals surface area contributed by atoms with Crippen LogP contribution in [0.5, 0.6) is 17.2 Å². The van der Waals surface area contributed by atoms with Crippen molar-refractivity contribution in [1.82, 2.24) is 20.2 Å². The summed E-state index contributed by atoms with van der Waals surface area (Å²) in [5, 5.41) is 2.64. The first kappa shape index (κ1) is 41.4. The third-order valence-corrected chi connectivity index (χ3v) is 7.31. The van der Waals surface area contributed by atoms with Gasteiger partial charge in [-0.2, -0.15) is 0 Å². The molecule has 0 fully saturated rings. The molecular formula is C37H54N4O9. The van der Waals surface area contributed by atoms with Crippen LogP contribution in [0, 0.1) is 10.8 Å². The van der Waals surface area contributed by atoms with Crippen LogP contribution in [0.1, 0.15) is 82.1 Å². The molecule has 0 radical (unpaired) electrons. The van der Waals surface area contributed by atoms with Gasteiger partial charge in [-0.3, -0.25) is 9.59 Å². The summed E-state index contributed by atoms with van der Waals surface area (Å²) in [7, 11) is 1.21. The monoisotopic (exact) mass is 698 g/mol. The van der Waals surface area contributed by atoms with E-state index in [0.717, 1.165) is 11.3 Å². The Morgan fingerprint density at radius 1 is 1.02 bits per heavy atom. The molecule has 1 aliphatic heterocycles. The number of rotatable bonds is 11. The van der Waals surface area contributed by atoms with Crippen molar-refractivity contribution in [3.05, 3.63) is 46.8 Å². The van der Waals surface area contributed by atoms with Gasteiger partial charge in [-0.25, -0.2) is 19.5 Å². The number of carbonyl (C=O) groups excluding carboxylic acids is 3. The van der Waals surface area contributed by atoms with E-state index < -0.39 is 35.0 Å². The number of carbonyl (C=O) groups is 3. The first-order valence-corrected chi connectivity index (χ1v) is 17.1. The second kappa shape index (κ2) is 18.8. The maximum absolute atomic E-state index is 13.4. The number of methoxy groups -OCH3 is 1. The molecule has 0 saturated carbocycles. The van der Waals surface area contributed by atoms with Gasteiger partial charge in [0.25, 0.3) is 11.5 Å². The SMILES string of the molecule is CC.CC.CCCCN(C(=O)OC)C(=O)[C@@H](NC(=O)OCC(C)(C)COc1cccc(-c2nc3ccc4c(c3[nH]c2=O)OCO4)c1)C(C)(C)C. The van der Waals surface area contributed by atoms with E-state index in [1.54, 1.807) is 57.2 Å². The zero-order chi connectivity index (χ0) is 37.6. The van der Waals surface area contributed by atoms with Crippen molar-refractivity contribution >= 4 is 29.1 Å². The van der Waals surface area contributed by atoms with Crippen LogP contribution in [-0.4, -0.2) is 72.7 Å². The van der Waals surface area contributed by atoms with Gasteiger partial charge in [0.1, 0.15) is 29.6 Å². The van der Waals surface area contributed by atoms with Gasteiger partial charge in [-0.15, -0.1) is 0 Å². The van der Waals surface area contributed by atoms with E-state index in [1.165, 1.54) is 7.11 Å². The number of hydrogen-bond donors (Lipinski definition) is 2. The van der Waals surface area contributed by atoms with Gasteiger partial charge in [-0.05, 0) is 36.1 Å². The van der Waals surface area contributed by atoms with Crippen LogP contribution in [0.15, 0.2) is 41.2 Å². The Morgan fingerprint density at radius 3 is 2.36 bits per heavy atom. The molecule has 3 aromatic rings. The molecule has 2 heterocycles. The Hall–Kier alpha value is -4.81. The number of hydrogen-bond acceptors (Lipinski definition) is 10. The molecule has 3 amide bonds. The fourth-order valence-electron chi connectivity index (χ4n) is 4.71. The summed E-state index contributed by atoms with van der Waals surface area (Å²) in [5.74, 6) is 0.931. The number of amides is 3. The molecule has 13 nitrogen and oxygen atoms in total. The largest absolute Gasteiger partial charge is 0.493 e. The minimum atomic E-state index is -1.04. The third kappa shape index (κ3) is 10.8. The number of benzene rings is 2. The topological polar surface area (TPSA) is 158 Å². The Kier molecular flexibility index (Phi) is 15.6. The lowest BCUT2D eigenvalue weighted by atomic mass is 9.86. The Bertz CT molecular complexity index is 1650. The average molecular weight is 699 g/mol. The van der Waals surface area contributed by atoms with Gasteiger partial charge in [0.2, 0.25) is 6.79 Å². The lowest BCUT2D eigenvalue weighted by molar-refractivity contribution is -0.134. The molecule has 276 valence electrons. The van der Waals surface area contributed by atoms with Crippen molar-refractivity contribution in [2.75, 3.05) is 33.7 Å². The first-order valence-electron chi connectivity index (χ1n) is 17.1. The number of nitrogens with one attached hydrogen (secondary N) is 2. The highest BCUT2D eigenvalue weighted by molar-refractivity contribution is 5.96. The quantitative estimate of drug-likeness (QED) is 0.208. The normalized spacial score (nSPS) is 12.4. The fourth-order valence-corrected chi connectivity index (χ4v) is 4.71. The summed E-state index contributed by atoms with van der Waals surface area (Å²) in [6, 6.07) is 9.45. The lowest BCUT2D eigenvalue weighted by Gasteiger charge is -2.33. The maximum Gasteiger partial charge on any atom is 0.416 e. The predicted octanol–water partition coefficient (Wildman–Crippen LogP) is 7.31. The van der Waals surface area contributed by atoms with Crippen LogP contribution in [0.25, 0.3) is 22.3 Å². The summed E-state index contributed by atoms with van der Waals surface area (Å²) >= 11 is 0. The summed E-state index contributed by atoms with van der Waals surface area (Å²) in [6.07, 6.45) is -0.210. The summed E-state index contributed by atoms with van der Waals surface area (Å²) in [6.45, 7) is 19.4. The van der Waals surface area contributed by atoms with E-state index in [2.05, 4.69) is 15.3 Å². The second-order valence-electron chi connectivity index (χ2n) is 12.9. The van der Waals surface area contributed by atoms with Gasteiger partial charge in [0.15, 0.2) is 11.5 Å². The third-order valence-electron chi connectivity index (χ3n) is 7.31. The molecule has 13 heteroatoms. The number of imide groups is 1. The second-order valence-corrected chi connectivity index (χ2v) is 12.9. The predicted molar refractivity (Wildman–Crippen MR) is 193 cm³/mol. The van der Waals surface area contributed by atoms with Crippen molar-refractivity contribution in [3.63, 3.8) is 0 Å². The van der Waals surface area contributed by atoms with E-state index in [-0.39, 0.29) is 37.8 Å². The average Bonchev–Trinajstić information content (AvgIpc) is 3.60. The molecule has 0 spiro atoms. The van der Waals surface area contributed by atoms with Crippen molar-refractivity contribution in [2.24, 2.45) is 10.8 Å². The molecule has 1 atom stereocenters. The molecule has 1 aromatic heterocycles. The van der Waals surface area contributed by atoms with Crippen LogP contribution in [-0.2, 0) is 14.3 Å². The van der Waals surface area contributed by atoms with Gasteiger partial charge >= 0.3 is 12.2 Å². The Balaban J connectivity index is 0.00000209. The van der Waals surface area contributed by atoms with Crippen LogP contribution < -0.4 is 25.1 Å². The van der Waals surface area contributed by atoms with E-state index in [1.807, 2.05) is 48.5 Å². The summed E-state index contributed by atoms with van der Waals surface area (Å²) < 4.78 is 27.2. The Morgan fingerprint density at radius 2 is 1.72 bits per heavy atom. The van der Waals surface area contributed by atoms with Crippen molar-refractivity contribution in [1.29, 1.82) is 0 Å². The standard InChI is InChI=1S/C33H42N4O9.2C2H6/c1-8-9-15-37(31(41)42-7)29(39)27(32(2,3)4)36-30(40)44-18-33(5,6)17-43-21-12-10-11-20(16-21)24-28(38)35-25-22(34-24)13-14-23-26(25)46-19-45-23;2*1-2/h10-14,16,27H,8-9,15,17-19H2,1-7H3,(H,35,38)(H,36,40);2*1-2H3/t27-;;/m1../s1. The number of alkyl carbamates (subject to hydrolysis) is 1. The van der Waals surface area contributed by atoms with Crippen LogP contribution in [0.3, 0.4) is 0 Å². The number of H-pyrrole nitrogens is 1. The Labute approximate surface area is 295 Å².